The Hall–Kier alpha value is -0.850. The summed E-state index contributed by atoms with van der Waals surface area (Å²) < 4.78 is 12.9. The monoisotopic (exact) mass is 194 g/mol. The summed E-state index contributed by atoms with van der Waals surface area (Å²) in [7, 11) is 0. The average molecular weight is 194 g/mol. The molecule has 0 saturated carbocycles. The Bertz CT molecular complexity index is 291. The second kappa shape index (κ2) is 5.14. The van der Waals surface area contributed by atoms with Gasteiger partial charge in [-0.25, -0.2) is 4.39 Å². The van der Waals surface area contributed by atoms with Crippen molar-refractivity contribution in [2.45, 2.75) is 46.0 Å². The molecule has 0 bridgehead atoms. The minimum Gasteiger partial charge on any atom is -0.207 e. The van der Waals surface area contributed by atoms with Crippen LogP contribution >= 0.6 is 0 Å². The van der Waals surface area contributed by atoms with Gasteiger partial charge in [-0.1, -0.05) is 32.8 Å². The van der Waals surface area contributed by atoms with Gasteiger partial charge >= 0.3 is 0 Å². The highest BCUT2D eigenvalue weighted by Crippen LogP contribution is 2.24. The van der Waals surface area contributed by atoms with Crippen LogP contribution in [-0.4, -0.2) is 0 Å². The molecule has 0 aliphatic heterocycles. The van der Waals surface area contributed by atoms with Crippen LogP contribution in [0.5, 0.6) is 0 Å². The number of aryl methyl sites for hydroxylation is 1. The summed E-state index contributed by atoms with van der Waals surface area (Å²) in [5.41, 5.74) is 2.37. The van der Waals surface area contributed by atoms with E-state index in [1.54, 1.807) is 12.1 Å². The van der Waals surface area contributed by atoms with Gasteiger partial charge in [0, 0.05) is 0 Å². The molecule has 0 N–H and O–H groups in total. The molecule has 0 aliphatic rings. The van der Waals surface area contributed by atoms with E-state index < -0.39 is 0 Å². The molecule has 0 heterocycles. The fraction of sp³-hybridized carbons (Fsp3) is 0.538. The topological polar surface area (TPSA) is 0 Å². The zero-order chi connectivity index (χ0) is 10.6. The van der Waals surface area contributed by atoms with Crippen LogP contribution < -0.4 is 0 Å². The van der Waals surface area contributed by atoms with Gasteiger partial charge < -0.3 is 0 Å². The summed E-state index contributed by atoms with van der Waals surface area (Å²) in [5, 5.41) is 0. The predicted molar refractivity (Wildman–Crippen MR) is 59.1 cm³/mol. The Labute approximate surface area is 86.2 Å². The first-order valence-electron chi connectivity index (χ1n) is 5.41. The lowest BCUT2D eigenvalue weighted by Gasteiger charge is -2.14. The first-order valence-corrected chi connectivity index (χ1v) is 5.41. The number of hydrogen-bond acceptors (Lipinski definition) is 0. The van der Waals surface area contributed by atoms with Crippen LogP contribution in [0.2, 0.25) is 0 Å². The van der Waals surface area contributed by atoms with E-state index >= 15 is 0 Å². The normalized spacial score (nSPS) is 12.9. The van der Waals surface area contributed by atoms with Crippen molar-refractivity contribution in [3.05, 3.63) is 35.1 Å². The molecule has 1 unspecified atom stereocenters. The Morgan fingerprint density at radius 3 is 2.64 bits per heavy atom. The van der Waals surface area contributed by atoms with Gasteiger partial charge in [0.25, 0.3) is 0 Å². The van der Waals surface area contributed by atoms with Crippen molar-refractivity contribution in [3.8, 4) is 0 Å². The smallest absolute Gasteiger partial charge is 0.123 e. The summed E-state index contributed by atoms with van der Waals surface area (Å²) in [5.74, 6) is 0.421. The highest BCUT2D eigenvalue weighted by Gasteiger charge is 2.08. The van der Waals surface area contributed by atoms with Crippen molar-refractivity contribution in [2.75, 3.05) is 0 Å². The quantitative estimate of drug-likeness (QED) is 0.665. The van der Waals surface area contributed by atoms with E-state index in [1.807, 2.05) is 13.0 Å². The van der Waals surface area contributed by atoms with Crippen LogP contribution in [-0.2, 0) is 0 Å². The van der Waals surface area contributed by atoms with Crippen molar-refractivity contribution in [3.63, 3.8) is 0 Å². The molecule has 1 heteroatoms. The molecule has 0 fully saturated rings. The third-order valence-corrected chi connectivity index (χ3v) is 2.75. The number of rotatable bonds is 4. The van der Waals surface area contributed by atoms with Crippen LogP contribution in [0.25, 0.3) is 0 Å². The molecule has 1 atom stereocenters. The zero-order valence-electron chi connectivity index (χ0n) is 9.31. The molecule has 0 spiro atoms. The molecular weight excluding hydrogens is 175 g/mol. The Morgan fingerprint density at radius 1 is 1.36 bits per heavy atom. The van der Waals surface area contributed by atoms with Crippen molar-refractivity contribution >= 4 is 0 Å². The number of unbranched alkanes of at least 4 members (excludes halogenated alkanes) is 1. The largest absolute Gasteiger partial charge is 0.207 e. The number of halogens is 1. The van der Waals surface area contributed by atoms with Crippen molar-refractivity contribution in [1.82, 2.24) is 0 Å². The second-order valence-corrected chi connectivity index (χ2v) is 4.04. The van der Waals surface area contributed by atoms with Crippen LogP contribution in [0.15, 0.2) is 18.2 Å². The molecule has 0 amide bonds. The maximum absolute atomic E-state index is 12.9. The first kappa shape index (κ1) is 11.2. The standard InChI is InChI=1S/C13H19F/c1-4-5-6-10(2)13-8-7-12(14)9-11(13)3/h7-10H,4-6H2,1-3H3. The lowest BCUT2D eigenvalue weighted by Crippen LogP contribution is -1.97. The molecule has 1 aromatic carbocycles. The minimum absolute atomic E-state index is 0.131. The fourth-order valence-corrected chi connectivity index (χ4v) is 1.86. The van der Waals surface area contributed by atoms with Crippen LogP contribution in [0.3, 0.4) is 0 Å². The van der Waals surface area contributed by atoms with E-state index in [2.05, 4.69) is 13.8 Å². The van der Waals surface area contributed by atoms with Gasteiger partial charge in [-0.3, -0.25) is 0 Å². The van der Waals surface area contributed by atoms with Gasteiger partial charge in [0.15, 0.2) is 0 Å². The maximum Gasteiger partial charge on any atom is 0.123 e. The van der Waals surface area contributed by atoms with Gasteiger partial charge in [0.1, 0.15) is 5.82 Å². The van der Waals surface area contributed by atoms with Gasteiger partial charge in [-0.05, 0) is 42.5 Å². The van der Waals surface area contributed by atoms with E-state index in [-0.39, 0.29) is 5.82 Å². The van der Waals surface area contributed by atoms with Crippen LogP contribution in [0.1, 0.15) is 50.2 Å². The van der Waals surface area contributed by atoms with Gasteiger partial charge in [-0.15, -0.1) is 0 Å². The Kier molecular flexibility index (Phi) is 4.12. The Morgan fingerprint density at radius 2 is 2.07 bits per heavy atom. The average Bonchev–Trinajstić information content (AvgIpc) is 2.14. The minimum atomic E-state index is -0.131. The Balaban J connectivity index is 2.74. The van der Waals surface area contributed by atoms with Crippen molar-refractivity contribution in [2.24, 2.45) is 0 Å². The molecule has 1 rings (SSSR count). The van der Waals surface area contributed by atoms with Crippen molar-refractivity contribution < 1.29 is 4.39 Å². The van der Waals surface area contributed by atoms with E-state index in [1.165, 1.54) is 24.8 Å². The highest BCUT2D eigenvalue weighted by atomic mass is 19.1. The van der Waals surface area contributed by atoms with E-state index in [9.17, 15) is 4.39 Å². The summed E-state index contributed by atoms with van der Waals surface area (Å²) in [6.45, 7) is 6.40. The summed E-state index contributed by atoms with van der Waals surface area (Å²) in [6.07, 6.45) is 3.67. The molecule has 1 aromatic rings. The van der Waals surface area contributed by atoms with Gasteiger partial charge in [0.05, 0.1) is 0 Å². The molecule has 78 valence electrons. The van der Waals surface area contributed by atoms with E-state index in [4.69, 9.17) is 0 Å². The van der Waals surface area contributed by atoms with Gasteiger partial charge in [0.2, 0.25) is 0 Å². The number of hydrogen-bond donors (Lipinski definition) is 0. The third-order valence-electron chi connectivity index (χ3n) is 2.75. The van der Waals surface area contributed by atoms with Crippen molar-refractivity contribution in [1.29, 1.82) is 0 Å². The molecule has 14 heavy (non-hydrogen) atoms. The molecule has 0 aliphatic carbocycles. The lowest BCUT2D eigenvalue weighted by molar-refractivity contribution is 0.608. The third kappa shape index (κ3) is 2.83. The summed E-state index contributed by atoms with van der Waals surface area (Å²) >= 11 is 0. The summed E-state index contributed by atoms with van der Waals surface area (Å²) in [4.78, 5) is 0. The fourth-order valence-electron chi connectivity index (χ4n) is 1.86. The molecule has 0 aromatic heterocycles. The van der Waals surface area contributed by atoms with Crippen LogP contribution in [0.4, 0.5) is 4.39 Å². The molecule has 0 saturated heterocycles. The molecular formula is C13H19F. The van der Waals surface area contributed by atoms with E-state index in [0.717, 1.165) is 5.56 Å². The van der Waals surface area contributed by atoms with E-state index in [0.29, 0.717) is 5.92 Å². The summed E-state index contributed by atoms with van der Waals surface area (Å²) in [6, 6.07) is 5.10. The lowest BCUT2D eigenvalue weighted by atomic mass is 9.92. The van der Waals surface area contributed by atoms with Gasteiger partial charge in [-0.2, -0.15) is 0 Å². The number of benzene rings is 1. The van der Waals surface area contributed by atoms with Crippen LogP contribution in [0, 0.1) is 12.7 Å². The zero-order valence-corrected chi connectivity index (χ0v) is 9.31. The molecule has 0 nitrogen and oxygen atoms in total. The SMILES string of the molecule is CCCCC(C)c1ccc(F)cc1C. The first-order chi connectivity index (χ1) is 6.65. The predicted octanol–water partition coefficient (Wildman–Crippen LogP) is 4.43. The highest BCUT2D eigenvalue weighted by molar-refractivity contribution is 5.29. The molecule has 0 radical (unpaired) electrons. The second-order valence-electron chi connectivity index (χ2n) is 4.04. The maximum atomic E-state index is 12.9.